The fraction of sp³-hybridized carbons (Fsp3) is 0.0769. The van der Waals surface area contributed by atoms with E-state index >= 15 is 0 Å². The SMILES string of the molecule is Cc1cc(F)cc(C(=O)Nc2ncc(N)cc2Br)c1. The second-order valence-corrected chi connectivity index (χ2v) is 4.92. The summed E-state index contributed by atoms with van der Waals surface area (Å²) in [5, 5.41) is 2.59. The van der Waals surface area contributed by atoms with Crippen molar-refractivity contribution in [2.45, 2.75) is 6.92 Å². The number of pyridine rings is 1. The number of rotatable bonds is 2. The van der Waals surface area contributed by atoms with E-state index in [1.807, 2.05) is 0 Å². The lowest BCUT2D eigenvalue weighted by Crippen LogP contribution is -2.14. The fourth-order valence-corrected chi connectivity index (χ4v) is 2.06. The minimum absolute atomic E-state index is 0.239. The van der Waals surface area contributed by atoms with Crippen LogP contribution in [0.3, 0.4) is 0 Å². The van der Waals surface area contributed by atoms with Crippen LogP contribution in [0, 0.1) is 12.7 Å². The molecule has 0 aliphatic carbocycles. The second kappa shape index (κ2) is 5.36. The number of carbonyl (C=O) groups is 1. The van der Waals surface area contributed by atoms with Gasteiger partial charge in [-0.05, 0) is 52.7 Å². The number of nitrogen functional groups attached to an aromatic ring is 1. The average Bonchev–Trinajstić information content (AvgIpc) is 2.31. The van der Waals surface area contributed by atoms with Gasteiger partial charge in [-0.25, -0.2) is 9.37 Å². The van der Waals surface area contributed by atoms with Crippen LogP contribution in [0.5, 0.6) is 0 Å². The van der Waals surface area contributed by atoms with Crippen molar-refractivity contribution < 1.29 is 9.18 Å². The highest BCUT2D eigenvalue weighted by Gasteiger charge is 2.11. The summed E-state index contributed by atoms with van der Waals surface area (Å²) in [6.07, 6.45) is 1.43. The molecule has 0 aliphatic heterocycles. The Morgan fingerprint density at radius 1 is 1.37 bits per heavy atom. The van der Waals surface area contributed by atoms with Crippen molar-refractivity contribution >= 4 is 33.3 Å². The van der Waals surface area contributed by atoms with E-state index in [9.17, 15) is 9.18 Å². The van der Waals surface area contributed by atoms with E-state index in [-0.39, 0.29) is 5.56 Å². The van der Waals surface area contributed by atoms with E-state index in [4.69, 9.17) is 5.73 Å². The van der Waals surface area contributed by atoms with Gasteiger partial charge in [0.2, 0.25) is 0 Å². The predicted molar refractivity (Wildman–Crippen MR) is 75.4 cm³/mol. The molecule has 0 fully saturated rings. The Bertz CT molecular complexity index is 626. The number of aryl methyl sites for hydroxylation is 1. The van der Waals surface area contributed by atoms with Crippen molar-refractivity contribution in [3.63, 3.8) is 0 Å². The van der Waals surface area contributed by atoms with Crippen molar-refractivity contribution in [3.05, 3.63) is 51.9 Å². The minimum Gasteiger partial charge on any atom is -0.397 e. The number of anilines is 2. The third-order valence-electron chi connectivity index (χ3n) is 2.40. The molecule has 0 bridgehead atoms. The number of halogens is 2. The highest BCUT2D eigenvalue weighted by molar-refractivity contribution is 9.10. The van der Waals surface area contributed by atoms with Gasteiger partial charge in [-0.15, -0.1) is 0 Å². The number of carbonyl (C=O) groups excluding carboxylic acids is 1. The molecule has 19 heavy (non-hydrogen) atoms. The van der Waals surface area contributed by atoms with E-state index < -0.39 is 11.7 Å². The zero-order valence-electron chi connectivity index (χ0n) is 10.1. The zero-order valence-corrected chi connectivity index (χ0v) is 11.7. The number of amides is 1. The molecule has 2 aromatic rings. The number of hydrogen-bond donors (Lipinski definition) is 2. The lowest BCUT2D eigenvalue weighted by Gasteiger charge is -2.07. The zero-order chi connectivity index (χ0) is 14.0. The van der Waals surface area contributed by atoms with Crippen LogP contribution >= 0.6 is 15.9 Å². The highest BCUT2D eigenvalue weighted by atomic mass is 79.9. The first-order chi connectivity index (χ1) is 8.95. The van der Waals surface area contributed by atoms with Gasteiger partial charge in [0, 0.05) is 5.56 Å². The largest absolute Gasteiger partial charge is 0.397 e. The van der Waals surface area contributed by atoms with E-state index in [2.05, 4.69) is 26.2 Å². The van der Waals surface area contributed by atoms with Crippen molar-refractivity contribution in [2.75, 3.05) is 11.1 Å². The normalized spacial score (nSPS) is 10.3. The summed E-state index contributed by atoms with van der Waals surface area (Å²) in [6, 6.07) is 5.75. The van der Waals surface area contributed by atoms with Crippen LogP contribution in [-0.4, -0.2) is 10.9 Å². The van der Waals surface area contributed by atoms with Gasteiger partial charge < -0.3 is 11.1 Å². The van der Waals surface area contributed by atoms with Gasteiger partial charge in [-0.3, -0.25) is 4.79 Å². The van der Waals surface area contributed by atoms with E-state index in [1.165, 1.54) is 18.3 Å². The Labute approximate surface area is 118 Å². The molecule has 0 saturated carbocycles. The predicted octanol–water partition coefficient (Wildman–Crippen LogP) is 3.13. The quantitative estimate of drug-likeness (QED) is 0.892. The smallest absolute Gasteiger partial charge is 0.256 e. The maximum absolute atomic E-state index is 13.2. The van der Waals surface area contributed by atoms with Gasteiger partial charge >= 0.3 is 0 Å². The fourth-order valence-electron chi connectivity index (χ4n) is 1.59. The highest BCUT2D eigenvalue weighted by Crippen LogP contribution is 2.22. The molecule has 6 heteroatoms. The molecule has 0 spiro atoms. The molecule has 0 radical (unpaired) electrons. The van der Waals surface area contributed by atoms with Gasteiger partial charge in [0.15, 0.2) is 0 Å². The molecule has 0 unspecified atom stereocenters. The lowest BCUT2D eigenvalue weighted by molar-refractivity contribution is 0.102. The van der Waals surface area contributed by atoms with Gasteiger partial charge in [0.05, 0.1) is 16.4 Å². The van der Waals surface area contributed by atoms with Crippen molar-refractivity contribution in [1.29, 1.82) is 0 Å². The number of nitrogens with two attached hydrogens (primary N) is 1. The van der Waals surface area contributed by atoms with E-state index in [0.29, 0.717) is 21.5 Å². The van der Waals surface area contributed by atoms with E-state index in [1.54, 1.807) is 19.1 Å². The van der Waals surface area contributed by atoms with Crippen molar-refractivity contribution in [1.82, 2.24) is 4.98 Å². The first kappa shape index (κ1) is 13.5. The topological polar surface area (TPSA) is 68.0 Å². The Morgan fingerprint density at radius 2 is 2.11 bits per heavy atom. The molecule has 2 rings (SSSR count). The van der Waals surface area contributed by atoms with Crippen LogP contribution in [0.15, 0.2) is 34.9 Å². The van der Waals surface area contributed by atoms with Crippen LogP contribution in [0.4, 0.5) is 15.9 Å². The average molecular weight is 324 g/mol. The standard InChI is InChI=1S/C13H11BrFN3O/c1-7-2-8(4-9(15)3-7)13(19)18-12-11(14)5-10(16)6-17-12/h2-6H,16H2,1H3,(H,17,18,19). The monoisotopic (exact) mass is 323 g/mol. The molecule has 98 valence electrons. The number of nitrogens with one attached hydrogen (secondary N) is 1. The second-order valence-electron chi connectivity index (χ2n) is 4.07. The molecule has 0 aliphatic rings. The number of aromatic nitrogens is 1. The Morgan fingerprint density at radius 3 is 2.74 bits per heavy atom. The van der Waals surface area contributed by atoms with E-state index in [0.717, 1.165) is 0 Å². The molecule has 0 saturated heterocycles. The van der Waals surface area contributed by atoms with Gasteiger partial charge in [-0.1, -0.05) is 0 Å². The Kier molecular flexibility index (Phi) is 3.80. The first-order valence-electron chi connectivity index (χ1n) is 5.45. The van der Waals surface area contributed by atoms with Crippen LogP contribution < -0.4 is 11.1 Å². The van der Waals surface area contributed by atoms with Gasteiger partial charge in [0.25, 0.3) is 5.91 Å². The Hall–Kier alpha value is -1.95. The molecule has 4 nitrogen and oxygen atoms in total. The number of hydrogen-bond acceptors (Lipinski definition) is 3. The molecule has 3 N–H and O–H groups in total. The molecular weight excluding hydrogens is 313 g/mol. The summed E-state index contributed by atoms with van der Waals surface area (Å²) >= 11 is 3.25. The summed E-state index contributed by atoms with van der Waals surface area (Å²) in [4.78, 5) is 16.0. The number of benzene rings is 1. The summed E-state index contributed by atoms with van der Waals surface area (Å²) in [5.41, 5.74) is 6.95. The Balaban J connectivity index is 2.25. The lowest BCUT2D eigenvalue weighted by atomic mass is 10.1. The first-order valence-corrected chi connectivity index (χ1v) is 6.24. The van der Waals surface area contributed by atoms with Crippen molar-refractivity contribution in [2.24, 2.45) is 0 Å². The van der Waals surface area contributed by atoms with Crippen LogP contribution in [0.25, 0.3) is 0 Å². The minimum atomic E-state index is -0.450. The van der Waals surface area contributed by atoms with Crippen LogP contribution in [-0.2, 0) is 0 Å². The molecule has 1 aromatic carbocycles. The third-order valence-corrected chi connectivity index (χ3v) is 3.00. The maximum Gasteiger partial charge on any atom is 0.256 e. The van der Waals surface area contributed by atoms with Gasteiger partial charge in [-0.2, -0.15) is 0 Å². The molecule has 1 aromatic heterocycles. The van der Waals surface area contributed by atoms with Crippen LogP contribution in [0.1, 0.15) is 15.9 Å². The molecule has 0 atom stereocenters. The summed E-state index contributed by atoms with van der Waals surface area (Å²) in [6.45, 7) is 1.72. The number of nitrogens with zero attached hydrogens (tertiary/aromatic N) is 1. The summed E-state index contributed by atoms with van der Waals surface area (Å²) < 4.78 is 13.8. The summed E-state index contributed by atoms with van der Waals surface area (Å²) in [7, 11) is 0. The molecule has 1 heterocycles. The molecule has 1 amide bonds. The van der Waals surface area contributed by atoms with Crippen molar-refractivity contribution in [3.8, 4) is 0 Å². The van der Waals surface area contributed by atoms with Gasteiger partial charge in [0.1, 0.15) is 11.6 Å². The third kappa shape index (κ3) is 3.29. The molecular formula is C13H11BrFN3O. The summed E-state index contributed by atoms with van der Waals surface area (Å²) in [5.74, 6) is -0.545. The van der Waals surface area contributed by atoms with Crippen LogP contribution in [0.2, 0.25) is 0 Å². The maximum atomic E-state index is 13.2.